The molecule has 0 aromatic heterocycles. The Kier molecular flexibility index (Phi) is 5.38. The molecule has 0 spiro atoms. The minimum Gasteiger partial charge on any atom is -0.493 e. The Balaban J connectivity index is 1.90. The van der Waals surface area contributed by atoms with Gasteiger partial charge in [-0.15, -0.1) is 0 Å². The highest BCUT2D eigenvalue weighted by Gasteiger charge is 2.22. The number of hydrogen-bond acceptors (Lipinski definition) is 4. The van der Waals surface area contributed by atoms with Crippen LogP contribution in [0.25, 0.3) is 10.8 Å². The van der Waals surface area contributed by atoms with Gasteiger partial charge < -0.3 is 9.47 Å². The maximum absolute atomic E-state index is 12.7. The van der Waals surface area contributed by atoms with E-state index in [0.717, 1.165) is 24.6 Å². The molecule has 0 radical (unpaired) electrons. The molecule has 0 saturated carbocycles. The molecule has 130 valence electrons. The standard InChI is InChI=1S/C18H23NO4S/c1-2-11-23-17-9-10-18(16-8-4-3-7-15(16)17)24(20,21)19-13-14-6-5-12-22-14/h3-4,7-10,14,19H,2,5-6,11-13H2,1H3/t14-/m1/s1. The predicted octanol–water partition coefficient (Wildman–Crippen LogP) is 3.09. The van der Waals surface area contributed by atoms with Crippen LogP contribution in [0, 0.1) is 0 Å². The van der Waals surface area contributed by atoms with E-state index >= 15 is 0 Å². The van der Waals surface area contributed by atoms with Crippen molar-refractivity contribution < 1.29 is 17.9 Å². The molecule has 5 nitrogen and oxygen atoms in total. The average molecular weight is 349 g/mol. The van der Waals surface area contributed by atoms with Gasteiger partial charge in [-0.2, -0.15) is 0 Å². The molecule has 6 heteroatoms. The molecule has 3 rings (SSSR count). The van der Waals surface area contributed by atoms with Crippen molar-refractivity contribution in [2.75, 3.05) is 19.8 Å². The molecule has 1 saturated heterocycles. The largest absolute Gasteiger partial charge is 0.493 e. The number of hydrogen-bond donors (Lipinski definition) is 1. The molecular weight excluding hydrogens is 326 g/mol. The van der Waals surface area contributed by atoms with Crippen molar-refractivity contribution in [1.29, 1.82) is 0 Å². The third-order valence-corrected chi connectivity index (χ3v) is 5.60. The van der Waals surface area contributed by atoms with Gasteiger partial charge in [-0.25, -0.2) is 13.1 Å². The summed E-state index contributed by atoms with van der Waals surface area (Å²) in [6.07, 6.45) is 2.75. The van der Waals surface area contributed by atoms with Crippen molar-refractivity contribution in [3.8, 4) is 5.75 Å². The van der Waals surface area contributed by atoms with Gasteiger partial charge >= 0.3 is 0 Å². The summed E-state index contributed by atoms with van der Waals surface area (Å²) < 4.78 is 39.4. The Morgan fingerprint density at radius 2 is 2.00 bits per heavy atom. The van der Waals surface area contributed by atoms with E-state index in [1.807, 2.05) is 31.2 Å². The second kappa shape index (κ2) is 7.51. The van der Waals surface area contributed by atoms with Crippen molar-refractivity contribution >= 4 is 20.8 Å². The van der Waals surface area contributed by atoms with Crippen LogP contribution in [0.3, 0.4) is 0 Å². The van der Waals surface area contributed by atoms with Crippen LogP contribution in [-0.2, 0) is 14.8 Å². The number of fused-ring (bicyclic) bond motifs is 1. The Morgan fingerprint density at radius 1 is 1.21 bits per heavy atom. The molecule has 1 heterocycles. The summed E-state index contributed by atoms with van der Waals surface area (Å²) in [5.41, 5.74) is 0. The molecule has 1 aliphatic rings. The second-order valence-corrected chi connectivity index (χ2v) is 7.68. The van der Waals surface area contributed by atoms with E-state index in [-0.39, 0.29) is 11.0 Å². The highest BCUT2D eigenvalue weighted by atomic mass is 32.2. The van der Waals surface area contributed by atoms with Crippen molar-refractivity contribution in [2.24, 2.45) is 0 Å². The minimum absolute atomic E-state index is 0.0294. The first-order valence-corrected chi connectivity index (χ1v) is 9.86. The molecular formula is C18H23NO4S. The molecule has 0 unspecified atom stereocenters. The van der Waals surface area contributed by atoms with Gasteiger partial charge in [-0.1, -0.05) is 31.2 Å². The van der Waals surface area contributed by atoms with Crippen molar-refractivity contribution in [3.63, 3.8) is 0 Å². The molecule has 2 aromatic rings. The van der Waals surface area contributed by atoms with E-state index in [2.05, 4.69) is 4.72 Å². The van der Waals surface area contributed by atoms with Gasteiger partial charge in [0.15, 0.2) is 0 Å². The maximum Gasteiger partial charge on any atom is 0.241 e. The Labute approximate surface area is 143 Å². The maximum atomic E-state index is 12.7. The first kappa shape index (κ1) is 17.2. The quantitative estimate of drug-likeness (QED) is 0.834. The summed E-state index contributed by atoms with van der Waals surface area (Å²) in [7, 11) is -3.60. The van der Waals surface area contributed by atoms with Gasteiger partial charge in [0.2, 0.25) is 10.0 Å². The van der Waals surface area contributed by atoms with Crippen molar-refractivity contribution in [3.05, 3.63) is 36.4 Å². The van der Waals surface area contributed by atoms with E-state index in [9.17, 15) is 8.42 Å². The molecule has 1 aliphatic heterocycles. The van der Waals surface area contributed by atoms with Crippen LogP contribution < -0.4 is 9.46 Å². The fourth-order valence-corrected chi connectivity index (χ4v) is 4.18. The Bertz CT molecular complexity index is 798. The highest BCUT2D eigenvalue weighted by Crippen LogP contribution is 2.31. The monoisotopic (exact) mass is 349 g/mol. The van der Waals surface area contributed by atoms with Crippen LogP contribution in [0.15, 0.2) is 41.3 Å². The lowest BCUT2D eigenvalue weighted by atomic mass is 10.1. The van der Waals surface area contributed by atoms with Gasteiger partial charge in [-0.3, -0.25) is 0 Å². The zero-order valence-corrected chi connectivity index (χ0v) is 14.6. The fourth-order valence-electron chi connectivity index (χ4n) is 2.90. The SMILES string of the molecule is CCCOc1ccc(S(=O)(=O)NC[C@H]2CCCO2)c2ccccc12. The fraction of sp³-hybridized carbons (Fsp3) is 0.444. The van der Waals surface area contributed by atoms with Gasteiger partial charge in [0.1, 0.15) is 5.75 Å². The van der Waals surface area contributed by atoms with Crippen LogP contribution in [0.5, 0.6) is 5.75 Å². The van der Waals surface area contributed by atoms with Crippen LogP contribution in [0.2, 0.25) is 0 Å². The highest BCUT2D eigenvalue weighted by molar-refractivity contribution is 7.89. The normalized spacial score (nSPS) is 18.1. The summed E-state index contributed by atoms with van der Waals surface area (Å²) in [4.78, 5) is 0.278. The van der Waals surface area contributed by atoms with E-state index in [4.69, 9.17) is 9.47 Å². The van der Waals surface area contributed by atoms with Crippen LogP contribution >= 0.6 is 0 Å². The number of nitrogens with one attached hydrogen (secondary N) is 1. The van der Waals surface area contributed by atoms with E-state index < -0.39 is 10.0 Å². The summed E-state index contributed by atoms with van der Waals surface area (Å²) in [6.45, 7) is 3.66. The third kappa shape index (κ3) is 3.71. The number of rotatable bonds is 7. The lowest BCUT2D eigenvalue weighted by Gasteiger charge is -2.15. The molecule has 0 aliphatic carbocycles. The van der Waals surface area contributed by atoms with Gasteiger partial charge in [0, 0.05) is 23.9 Å². The first-order valence-electron chi connectivity index (χ1n) is 8.37. The zero-order valence-electron chi connectivity index (χ0n) is 13.8. The molecule has 24 heavy (non-hydrogen) atoms. The number of sulfonamides is 1. The summed E-state index contributed by atoms with van der Waals surface area (Å²) >= 11 is 0. The number of benzene rings is 2. The second-order valence-electron chi connectivity index (χ2n) is 5.94. The smallest absolute Gasteiger partial charge is 0.241 e. The van der Waals surface area contributed by atoms with Crippen LogP contribution in [0.1, 0.15) is 26.2 Å². The summed E-state index contributed by atoms with van der Waals surface area (Å²) in [6, 6.07) is 10.8. The summed E-state index contributed by atoms with van der Waals surface area (Å²) in [5.74, 6) is 0.713. The third-order valence-electron chi connectivity index (χ3n) is 4.12. The van der Waals surface area contributed by atoms with Crippen molar-refractivity contribution in [1.82, 2.24) is 4.72 Å². The minimum atomic E-state index is -3.60. The molecule has 1 N–H and O–H groups in total. The first-order chi connectivity index (χ1) is 11.6. The zero-order chi connectivity index (χ0) is 17.0. The predicted molar refractivity (Wildman–Crippen MR) is 93.9 cm³/mol. The van der Waals surface area contributed by atoms with Gasteiger partial charge in [-0.05, 0) is 31.4 Å². The van der Waals surface area contributed by atoms with E-state index in [0.29, 0.717) is 30.9 Å². The van der Waals surface area contributed by atoms with E-state index in [1.165, 1.54) is 0 Å². The molecule has 2 aromatic carbocycles. The summed E-state index contributed by atoms with van der Waals surface area (Å²) in [5, 5.41) is 1.48. The lowest BCUT2D eigenvalue weighted by molar-refractivity contribution is 0.114. The van der Waals surface area contributed by atoms with Crippen molar-refractivity contribution in [2.45, 2.75) is 37.2 Å². The van der Waals surface area contributed by atoms with Gasteiger partial charge in [0.05, 0.1) is 17.6 Å². The molecule has 1 fully saturated rings. The van der Waals surface area contributed by atoms with E-state index in [1.54, 1.807) is 12.1 Å². The number of ether oxygens (including phenoxy) is 2. The average Bonchev–Trinajstić information content (AvgIpc) is 3.11. The van der Waals surface area contributed by atoms with Crippen LogP contribution in [0.4, 0.5) is 0 Å². The topological polar surface area (TPSA) is 64.6 Å². The molecule has 0 amide bonds. The van der Waals surface area contributed by atoms with Crippen LogP contribution in [-0.4, -0.2) is 34.3 Å². The van der Waals surface area contributed by atoms with Gasteiger partial charge in [0.25, 0.3) is 0 Å². The Morgan fingerprint density at radius 3 is 2.71 bits per heavy atom. The lowest BCUT2D eigenvalue weighted by Crippen LogP contribution is -2.31. The Hall–Kier alpha value is -1.63. The molecule has 0 bridgehead atoms. The molecule has 1 atom stereocenters.